The predicted octanol–water partition coefficient (Wildman–Crippen LogP) is 5.69. The third-order valence-corrected chi connectivity index (χ3v) is 6.36. The molecule has 9 heteroatoms. The van der Waals surface area contributed by atoms with Gasteiger partial charge in [-0.3, -0.25) is 0 Å². The molecule has 0 fully saturated rings. The van der Waals surface area contributed by atoms with E-state index in [4.69, 9.17) is 0 Å². The minimum atomic E-state index is -4.61. The van der Waals surface area contributed by atoms with Gasteiger partial charge in [0, 0.05) is 11.8 Å². The fraction of sp³-hybridized carbons (Fsp3) is 0.0952. The summed E-state index contributed by atoms with van der Waals surface area (Å²) >= 11 is 1.56. The van der Waals surface area contributed by atoms with Gasteiger partial charge in [0.05, 0.1) is 16.3 Å². The van der Waals surface area contributed by atoms with Crippen LogP contribution in [0.5, 0.6) is 0 Å². The van der Waals surface area contributed by atoms with E-state index in [1.807, 2.05) is 29.0 Å². The van der Waals surface area contributed by atoms with Crippen LogP contribution in [0, 0.1) is 0 Å². The fourth-order valence-corrected chi connectivity index (χ4v) is 4.31. The molecule has 2 heterocycles. The van der Waals surface area contributed by atoms with E-state index in [9.17, 15) is 21.6 Å². The van der Waals surface area contributed by atoms with Crippen molar-refractivity contribution in [3.05, 3.63) is 77.1 Å². The van der Waals surface area contributed by atoms with Gasteiger partial charge in [-0.25, -0.2) is 13.1 Å². The minimum absolute atomic E-state index is 0.0797. The van der Waals surface area contributed by atoms with Crippen LogP contribution in [0.4, 0.5) is 13.2 Å². The molecule has 0 aliphatic rings. The fourth-order valence-electron chi connectivity index (χ4n) is 3.02. The molecule has 4 rings (SSSR count). The zero-order valence-corrected chi connectivity index (χ0v) is 17.2. The van der Waals surface area contributed by atoms with E-state index in [-0.39, 0.29) is 10.6 Å². The van der Waals surface area contributed by atoms with Crippen molar-refractivity contribution in [3.63, 3.8) is 0 Å². The molecule has 2 aromatic carbocycles. The number of thiophene rings is 1. The third-order valence-electron chi connectivity index (χ3n) is 4.54. The third kappa shape index (κ3) is 4.03. The molecular weight excluding hydrogens is 433 g/mol. The Kier molecular flexibility index (Phi) is 5.03. The van der Waals surface area contributed by atoms with Crippen molar-refractivity contribution in [2.24, 2.45) is 0 Å². The van der Waals surface area contributed by atoms with Crippen LogP contribution < -0.4 is 0 Å². The molecule has 0 radical (unpaired) electrons. The number of halogens is 3. The summed E-state index contributed by atoms with van der Waals surface area (Å²) in [6, 6.07) is 15.7. The first kappa shape index (κ1) is 20.4. The SMILES string of the molecule is CS(=O)(=O)c1ccc(-n2nc(C(F)(F)F)cc2-c2ccc(-c3ccsc3)cc2)cc1. The number of hydrogen-bond acceptors (Lipinski definition) is 4. The van der Waals surface area contributed by atoms with E-state index in [1.54, 1.807) is 23.5 Å². The zero-order valence-electron chi connectivity index (χ0n) is 15.6. The summed E-state index contributed by atoms with van der Waals surface area (Å²) in [6.07, 6.45) is -3.54. The van der Waals surface area contributed by atoms with Crippen LogP contribution in [0.1, 0.15) is 5.69 Å². The van der Waals surface area contributed by atoms with E-state index in [0.29, 0.717) is 11.3 Å². The molecule has 0 spiro atoms. The Morgan fingerprint density at radius 3 is 2.07 bits per heavy atom. The average Bonchev–Trinajstić information content (AvgIpc) is 3.37. The van der Waals surface area contributed by atoms with Crippen molar-refractivity contribution in [1.29, 1.82) is 0 Å². The summed E-state index contributed by atoms with van der Waals surface area (Å²) < 4.78 is 64.5. The lowest BCUT2D eigenvalue weighted by Gasteiger charge is -2.09. The van der Waals surface area contributed by atoms with Crippen LogP contribution in [0.15, 0.2) is 76.3 Å². The Bertz CT molecular complexity index is 1270. The summed E-state index contributed by atoms with van der Waals surface area (Å²) in [6.45, 7) is 0. The van der Waals surface area contributed by atoms with Crippen LogP contribution in [0.3, 0.4) is 0 Å². The first-order valence-electron chi connectivity index (χ1n) is 8.74. The second-order valence-corrected chi connectivity index (χ2v) is 9.48. The van der Waals surface area contributed by atoms with Crippen LogP contribution in [-0.2, 0) is 16.0 Å². The number of hydrogen-bond donors (Lipinski definition) is 0. The molecule has 0 saturated carbocycles. The quantitative estimate of drug-likeness (QED) is 0.403. The van der Waals surface area contributed by atoms with Crippen LogP contribution in [0.2, 0.25) is 0 Å². The Hall–Kier alpha value is -2.91. The highest BCUT2D eigenvalue weighted by Crippen LogP contribution is 2.34. The van der Waals surface area contributed by atoms with Gasteiger partial charge >= 0.3 is 6.18 Å². The zero-order chi connectivity index (χ0) is 21.5. The standard InChI is InChI=1S/C21H15F3N2O2S2/c1-30(27,28)18-8-6-17(7-9-18)26-19(12-20(25-26)21(22,23)24)15-4-2-14(3-5-15)16-10-11-29-13-16/h2-13H,1H3. The van der Waals surface area contributed by atoms with E-state index in [2.05, 4.69) is 5.10 Å². The van der Waals surface area contributed by atoms with Gasteiger partial charge in [0.25, 0.3) is 0 Å². The lowest BCUT2D eigenvalue weighted by molar-refractivity contribution is -0.141. The van der Waals surface area contributed by atoms with Gasteiger partial charge in [0.15, 0.2) is 15.5 Å². The van der Waals surface area contributed by atoms with Crippen LogP contribution >= 0.6 is 11.3 Å². The maximum absolute atomic E-state index is 13.3. The van der Waals surface area contributed by atoms with Gasteiger partial charge in [-0.05, 0) is 58.3 Å². The summed E-state index contributed by atoms with van der Waals surface area (Å²) in [4.78, 5) is 0.0797. The molecule has 30 heavy (non-hydrogen) atoms. The highest BCUT2D eigenvalue weighted by atomic mass is 32.2. The van der Waals surface area contributed by atoms with E-state index >= 15 is 0 Å². The molecule has 4 nitrogen and oxygen atoms in total. The molecule has 0 amide bonds. The van der Waals surface area contributed by atoms with Gasteiger partial charge in [-0.15, -0.1) is 0 Å². The molecule has 4 aromatic rings. The van der Waals surface area contributed by atoms with E-state index in [0.717, 1.165) is 23.4 Å². The number of aromatic nitrogens is 2. The molecule has 154 valence electrons. The Balaban J connectivity index is 1.80. The molecule has 0 N–H and O–H groups in total. The number of benzene rings is 2. The van der Waals surface area contributed by atoms with Gasteiger partial charge < -0.3 is 0 Å². The molecule has 0 atom stereocenters. The van der Waals surface area contributed by atoms with E-state index in [1.165, 1.54) is 28.9 Å². The largest absolute Gasteiger partial charge is 0.435 e. The van der Waals surface area contributed by atoms with Gasteiger partial charge in [0.2, 0.25) is 0 Å². The Morgan fingerprint density at radius 1 is 0.900 bits per heavy atom. The van der Waals surface area contributed by atoms with Gasteiger partial charge in [-0.1, -0.05) is 24.3 Å². The highest BCUT2D eigenvalue weighted by molar-refractivity contribution is 7.90. The first-order valence-corrected chi connectivity index (χ1v) is 11.6. The van der Waals surface area contributed by atoms with Gasteiger partial charge in [0.1, 0.15) is 0 Å². The number of sulfone groups is 1. The van der Waals surface area contributed by atoms with Crippen molar-refractivity contribution in [3.8, 4) is 28.1 Å². The lowest BCUT2D eigenvalue weighted by atomic mass is 10.0. The van der Waals surface area contributed by atoms with Crippen molar-refractivity contribution in [2.45, 2.75) is 11.1 Å². The minimum Gasteiger partial charge on any atom is -0.233 e. The monoisotopic (exact) mass is 448 g/mol. The maximum Gasteiger partial charge on any atom is 0.435 e. The van der Waals surface area contributed by atoms with Crippen LogP contribution in [-0.4, -0.2) is 24.5 Å². The average molecular weight is 448 g/mol. The summed E-state index contributed by atoms with van der Waals surface area (Å²) in [5, 5.41) is 7.68. The molecule has 0 saturated heterocycles. The van der Waals surface area contributed by atoms with Crippen molar-refractivity contribution >= 4 is 21.2 Å². The Morgan fingerprint density at radius 2 is 1.53 bits per heavy atom. The molecule has 0 aliphatic heterocycles. The molecule has 2 aromatic heterocycles. The lowest BCUT2D eigenvalue weighted by Crippen LogP contribution is -2.07. The molecule has 0 unspecified atom stereocenters. The summed E-state index contributed by atoms with van der Waals surface area (Å²) in [7, 11) is -3.42. The molecule has 0 bridgehead atoms. The second kappa shape index (κ2) is 7.41. The number of rotatable bonds is 4. The highest BCUT2D eigenvalue weighted by Gasteiger charge is 2.35. The normalized spacial score (nSPS) is 12.3. The molecule has 0 aliphatic carbocycles. The topological polar surface area (TPSA) is 52.0 Å². The second-order valence-electron chi connectivity index (χ2n) is 6.68. The Labute approximate surface area is 175 Å². The predicted molar refractivity (Wildman–Crippen MR) is 110 cm³/mol. The summed E-state index contributed by atoms with van der Waals surface area (Å²) in [5.41, 5.74) is 2.11. The van der Waals surface area contributed by atoms with Crippen molar-refractivity contribution in [2.75, 3.05) is 6.26 Å². The smallest absolute Gasteiger partial charge is 0.233 e. The van der Waals surface area contributed by atoms with Gasteiger partial charge in [-0.2, -0.15) is 29.6 Å². The molecular formula is C21H15F3N2O2S2. The number of nitrogens with zero attached hydrogens (tertiary/aromatic N) is 2. The van der Waals surface area contributed by atoms with Crippen molar-refractivity contribution < 1.29 is 21.6 Å². The maximum atomic E-state index is 13.3. The first-order chi connectivity index (χ1) is 14.1. The summed E-state index contributed by atoms with van der Waals surface area (Å²) in [5.74, 6) is 0. The van der Waals surface area contributed by atoms with Crippen molar-refractivity contribution in [1.82, 2.24) is 9.78 Å². The van der Waals surface area contributed by atoms with E-state index < -0.39 is 21.7 Å². The van der Waals surface area contributed by atoms with Crippen LogP contribution in [0.25, 0.3) is 28.1 Å². The number of alkyl halides is 3.